The number of benzene rings is 2. The minimum Gasteiger partial charge on any atom is -0.477 e. The normalized spacial score (nSPS) is 11.6. The number of halogens is 2. The average molecular weight is 414 g/mol. The molecule has 0 heterocycles. The van der Waals surface area contributed by atoms with E-state index in [-0.39, 0.29) is 35.0 Å². The van der Waals surface area contributed by atoms with Crippen LogP contribution >= 0.6 is 27.5 Å². The Morgan fingerprint density at radius 3 is 2.62 bits per heavy atom. The van der Waals surface area contributed by atoms with E-state index in [9.17, 15) is 14.9 Å². The van der Waals surface area contributed by atoms with Crippen LogP contribution in [-0.2, 0) is 4.79 Å². The molecule has 0 unspecified atom stereocenters. The van der Waals surface area contributed by atoms with E-state index in [0.29, 0.717) is 0 Å². The van der Waals surface area contributed by atoms with E-state index in [0.717, 1.165) is 10.0 Å². The van der Waals surface area contributed by atoms with Crippen molar-refractivity contribution in [1.29, 1.82) is 0 Å². The third-order valence-corrected chi connectivity index (χ3v) is 3.99. The van der Waals surface area contributed by atoms with Gasteiger partial charge < -0.3 is 10.1 Å². The summed E-state index contributed by atoms with van der Waals surface area (Å²) in [6, 6.07) is 11.3. The zero-order valence-electron chi connectivity index (χ0n) is 12.7. The number of carbonyl (C=O) groups excluding carboxylic acids is 1. The van der Waals surface area contributed by atoms with Crippen LogP contribution in [0.25, 0.3) is 0 Å². The molecule has 0 saturated heterocycles. The molecule has 0 aliphatic rings. The molecule has 0 spiro atoms. The second kappa shape index (κ2) is 8.12. The van der Waals surface area contributed by atoms with Crippen molar-refractivity contribution in [3.8, 4) is 5.75 Å². The van der Waals surface area contributed by atoms with Crippen molar-refractivity contribution < 1.29 is 14.5 Å². The van der Waals surface area contributed by atoms with Crippen LogP contribution in [0.1, 0.15) is 18.5 Å². The highest BCUT2D eigenvalue weighted by Crippen LogP contribution is 2.29. The number of carbonyl (C=O) groups is 1. The predicted molar refractivity (Wildman–Crippen MR) is 94.3 cm³/mol. The van der Waals surface area contributed by atoms with E-state index in [1.54, 1.807) is 0 Å². The standard InChI is InChI=1S/C16H14BrClN2O4/c1-10(11-2-4-12(17)5-3-11)19-16(21)9-24-15-7-6-13(18)8-14(15)20(22)23/h2-8,10H,9H2,1H3,(H,19,21)/t10-/m1/s1. The molecule has 1 amide bonds. The molecule has 1 atom stereocenters. The fraction of sp³-hybridized carbons (Fsp3) is 0.188. The lowest BCUT2D eigenvalue weighted by molar-refractivity contribution is -0.385. The van der Waals surface area contributed by atoms with Gasteiger partial charge in [-0.2, -0.15) is 0 Å². The lowest BCUT2D eigenvalue weighted by Gasteiger charge is -2.15. The van der Waals surface area contributed by atoms with Crippen molar-refractivity contribution in [2.45, 2.75) is 13.0 Å². The molecule has 2 aromatic rings. The Bertz CT molecular complexity index is 752. The first-order valence-corrected chi connectivity index (χ1v) is 8.15. The molecule has 2 rings (SSSR count). The van der Waals surface area contributed by atoms with Gasteiger partial charge in [0.1, 0.15) is 0 Å². The Morgan fingerprint density at radius 2 is 2.00 bits per heavy atom. The first kappa shape index (κ1) is 18.2. The van der Waals surface area contributed by atoms with E-state index in [1.165, 1.54) is 18.2 Å². The second-order valence-electron chi connectivity index (χ2n) is 5.00. The molecule has 126 valence electrons. The van der Waals surface area contributed by atoms with E-state index in [4.69, 9.17) is 16.3 Å². The van der Waals surface area contributed by atoms with Gasteiger partial charge in [-0.05, 0) is 36.8 Å². The molecule has 0 fully saturated rings. The number of nitro benzene ring substituents is 1. The maximum atomic E-state index is 12.0. The third kappa shape index (κ3) is 4.94. The number of rotatable bonds is 6. The number of nitro groups is 1. The molecule has 0 saturated carbocycles. The highest BCUT2D eigenvalue weighted by Gasteiger charge is 2.17. The number of nitrogens with zero attached hydrogens (tertiary/aromatic N) is 1. The van der Waals surface area contributed by atoms with Crippen LogP contribution in [0, 0.1) is 10.1 Å². The number of amides is 1. The molecule has 24 heavy (non-hydrogen) atoms. The zero-order valence-corrected chi connectivity index (χ0v) is 15.0. The van der Waals surface area contributed by atoms with Gasteiger partial charge in [0.15, 0.2) is 12.4 Å². The quantitative estimate of drug-likeness (QED) is 0.566. The molecule has 0 aliphatic carbocycles. The van der Waals surface area contributed by atoms with Crippen LogP contribution < -0.4 is 10.1 Å². The number of hydrogen-bond donors (Lipinski definition) is 1. The fourth-order valence-electron chi connectivity index (χ4n) is 2.02. The Balaban J connectivity index is 1.96. The summed E-state index contributed by atoms with van der Waals surface area (Å²) in [6.45, 7) is 1.51. The van der Waals surface area contributed by atoms with E-state index in [1.807, 2.05) is 31.2 Å². The lowest BCUT2D eigenvalue weighted by atomic mass is 10.1. The number of hydrogen-bond acceptors (Lipinski definition) is 4. The van der Waals surface area contributed by atoms with E-state index < -0.39 is 4.92 Å². The maximum absolute atomic E-state index is 12.0. The highest BCUT2D eigenvalue weighted by molar-refractivity contribution is 9.10. The molecular weight excluding hydrogens is 400 g/mol. The summed E-state index contributed by atoms with van der Waals surface area (Å²) < 4.78 is 6.20. The van der Waals surface area contributed by atoms with Gasteiger partial charge in [0.2, 0.25) is 0 Å². The molecule has 6 nitrogen and oxygen atoms in total. The Morgan fingerprint density at radius 1 is 1.33 bits per heavy atom. The van der Waals surface area contributed by atoms with Crippen molar-refractivity contribution in [2.24, 2.45) is 0 Å². The average Bonchev–Trinajstić information content (AvgIpc) is 2.54. The molecule has 0 aliphatic heterocycles. The van der Waals surface area contributed by atoms with Gasteiger partial charge in [-0.1, -0.05) is 39.7 Å². The molecule has 1 N–H and O–H groups in total. The fourth-order valence-corrected chi connectivity index (χ4v) is 2.45. The summed E-state index contributed by atoms with van der Waals surface area (Å²) in [4.78, 5) is 22.3. The maximum Gasteiger partial charge on any atom is 0.312 e. The molecule has 0 bridgehead atoms. The van der Waals surface area contributed by atoms with Gasteiger partial charge in [-0.15, -0.1) is 0 Å². The van der Waals surface area contributed by atoms with Crippen molar-refractivity contribution in [3.05, 3.63) is 67.6 Å². The summed E-state index contributed by atoms with van der Waals surface area (Å²) in [7, 11) is 0. The Kier molecular flexibility index (Phi) is 6.16. The van der Waals surface area contributed by atoms with Crippen LogP contribution in [0.5, 0.6) is 5.75 Å². The zero-order chi connectivity index (χ0) is 17.7. The SMILES string of the molecule is C[C@@H](NC(=O)COc1ccc(Cl)cc1[N+](=O)[O-])c1ccc(Br)cc1. The van der Waals surface area contributed by atoms with Crippen molar-refractivity contribution in [2.75, 3.05) is 6.61 Å². The van der Waals surface area contributed by atoms with Crippen molar-refractivity contribution >= 4 is 39.1 Å². The van der Waals surface area contributed by atoms with Gasteiger partial charge in [0.05, 0.1) is 11.0 Å². The molecule has 0 aromatic heterocycles. The Labute approximate surface area is 152 Å². The molecule has 8 heteroatoms. The minimum absolute atomic E-state index is 0.00385. The first-order valence-electron chi connectivity index (χ1n) is 6.98. The third-order valence-electron chi connectivity index (χ3n) is 3.22. The second-order valence-corrected chi connectivity index (χ2v) is 6.35. The summed E-state index contributed by atoms with van der Waals surface area (Å²) >= 11 is 9.08. The largest absolute Gasteiger partial charge is 0.477 e. The van der Waals surface area contributed by atoms with Crippen LogP contribution in [0.3, 0.4) is 0 Å². The summed E-state index contributed by atoms with van der Waals surface area (Å²) in [6.07, 6.45) is 0. The molecular formula is C16H14BrClN2O4. The first-order chi connectivity index (χ1) is 11.4. The summed E-state index contributed by atoms with van der Waals surface area (Å²) in [5.74, 6) is -0.384. The molecule has 0 radical (unpaired) electrons. The minimum atomic E-state index is -0.608. The van der Waals surface area contributed by atoms with Crippen LogP contribution in [0.15, 0.2) is 46.9 Å². The van der Waals surface area contributed by atoms with Gasteiger partial charge >= 0.3 is 5.69 Å². The van der Waals surface area contributed by atoms with Crippen LogP contribution in [-0.4, -0.2) is 17.4 Å². The van der Waals surface area contributed by atoms with Gasteiger partial charge in [0.25, 0.3) is 5.91 Å². The van der Waals surface area contributed by atoms with Crippen LogP contribution in [0.2, 0.25) is 5.02 Å². The monoisotopic (exact) mass is 412 g/mol. The summed E-state index contributed by atoms with van der Waals surface area (Å²) in [5, 5.41) is 14.0. The van der Waals surface area contributed by atoms with Gasteiger partial charge in [-0.25, -0.2) is 0 Å². The highest BCUT2D eigenvalue weighted by atomic mass is 79.9. The number of ether oxygens (including phenoxy) is 1. The molecule has 2 aromatic carbocycles. The predicted octanol–water partition coefficient (Wildman–Crippen LogP) is 4.27. The number of nitrogens with one attached hydrogen (secondary N) is 1. The summed E-state index contributed by atoms with van der Waals surface area (Å²) in [5.41, 5.74) is 0.653. The topological polar surface area (TPSA) is 81.5 Å². The lowest BCUT2D eigenvalue weighted by Crippen LogP contribution is -2.31. The smallest absolute Gasteiger partial charge is 0.312 e. The van der Waals surface area contributed by atoms with Crippen LogP contribution in [0.4, 0.5) is 5.69 Å². The van der Waals surface area contributed by atoms with Gasteiger partial charge in [-0.3, -0.25) is 14.9 Å². The van der Waals surface area contributed by atoms with E-state index in [2.05, 4.69) is 21.2 Å². The van der Waals surface area contributed by atoms with Crippen molar-refractivity contribution in [3.63, 3.8) is 0 Å². The van der Waals surface area contributed by atoms with Gasteiger partial charge in [0, 0.05) is 15.6 Å². The Hall–Kier alpha value is -2.12. The van der Waals surface area contributed by atoms with Crippen molar-refractivity contribution in [1.82, 2.24) is 5.32 Å². The van der Waals surface area contributed by atoms with E-state index >= 15 is 0 Å².